The molecule has 7 heteroatoms. The van der Waals surface area contributed by atoms with Gasteiger partial charge in [-0.1, -0.05) is 38.4 Å². The van der Waals surface area contributed by atoms with Gasteiger partial charge in [-0.3, -0.25) is 0 Å². The Bertz CT molecular complexity index is 600. The van der Waals surface area contributed by atoms with Gasteiger partial charge in [0.2, 0.25) is 0 Å². The van der Waals surface area contributed by atoms with Crippen LogP contribution in [-0.2, 0) is 22.3 Å². The fourth-order valence-electron chi connectivity index (χ4n) is 2.18. The molecule has 0 bridgehead atoms. The SMILES string of the molecule is CC(C)(C)[S+]([O-])NCC(O[Si](C)(C)C(C)(C)C)c1ccc(Cl)cc1CN. The number of rotatable bonds is 7. The minimum absolute atomic E-state index is 0.0731. The lowest BCUT2D eigenvalue weighted by molar-refractivity contribution is 0.186. The van der Waals surface area contributed by atoms with Crippen molar-refractivity contribution in [2.24, 2.45) is 5.73 Å². The summed E-state index contributed by atoms with van der Waals surface area (Å²) in [5.41, 5.74) is 7.93. The van der Waals surface area contributed by atoms with Gasteiger partial charge in [0.15, 0.2) is 8.32 Å². The number of hydrogen-bond donors (Lipinski definition) is 2. The van der Waals surface area contributed by atoms with E-state index >= 15 is 0 Å². The van der Waals surface area contributed by atoms with Gasteiger partial charge < -0.3 is 14.7 Å². The zero-order valence-electron chi connectivity index (χ0n) is 17.4. The Morgan fingerprint density at radius 1 is 1.23 bits per heavy atom. The Kier molecular flexibility index (Phi) is 8.24. The zero-order chi connectivity index (χ0) is 20.3. The van der Waals surface area contributed by atoms with Crippen LogP contribution in [0, 0.1) is 0 Å². The van der Waals surface area contributed by atoms with Gasteiger partial charge in [0.25, 0.3) is 0 Å². The maximum absolute atomic E-state index is 12.5. The minimum Gasteiger partial charge on any atom is -0.598 e. The largest absolute Gasteiger partial charge is 0.598 e. The van der Waals surface area contributed by atoms with E-state index in [1.54, 1.807) is 0 Å². The summed E-state index contributed by atoms with van der Waals surface area (Å²) in [6.07, 6.45) is -0.224. The molecule has 2 atom stereocenters. The van der Waals surface area contributed by atoms with Gasteiger partial charge in [-0.25, -0.2) is 0 Å². The Balaban J connectivity index is 3.18. The van der Waals surface area contributed by atoms with E-state index in [1.165, 1.54) is 0 Å². The molecule has 0 saturated heterocycles. The van der Waals surface area contributed by atoms with Crippen molar-refractivity contribution in [1.29, 1.82) is 0 Å². The molecule has 150 valence electrons. The van der Waals surface area contributed by atoms with Crippen molar-refractivity contribution >= 4 is 31.3 Å². The molecule has 0 spiro atoms. The van der Waals surface area contributed by atoms with E-state index in [-0.39, 0.29) is 15.9 Å². The average Bonchev–Trinajstić information content (AvgIpc) is 2.48. The van der Waals surface area contributed by atoms with Crippen LogP contribution in [0.4, 0.5) is 0 Å². The van der Waals surface area contributed by atoms with Crippen LogP contribution >= 0.6 is 11.6 Å². The van der Waals surface area contributed by atoms with E-state index in [0.29, 0.717) is 18.1 Å². The molecule has 1 rings (SSSR count). The second-order valence-corrected chi connectivity index (χ2v) is 16.4. The third-order valence-electron chi connectivity index (χ3n) is 4.87. The Hall–Kier alpha value is -0.0831. The van der Waals surface area contributed by atoms with Crippen LogP contribution in [0.2, 0.25) is 23.2 Å². The maximum atomic E-state index is 12.5. The molecule has 0 amide bonds. The first kappa shape index (κ1) is 24.0. The van der Waals surface area contributed by atoms with E-state index in [0.717, 1.165) is 11.1 Å². The summed E-state index contributed by atoms with van der Waals surface area (Å²) in [6, 6.07) is 5.72. The van der Waals surface area contributed by atoms with Crippen LogP contribution in [0.25, 0.3) is 0 Å². The highest BCUT2D eigenvalue weighted by Gasteiger charge is 2.40. The predicted octanol–water partition coefficient (Wildman–Crippen LogP) is 4.91. The second-order valence-electron chi connectivity index (χ2n) is 9.14. The van der Waals surface area contributed by atoms with Gasteiger partial charge in [-0.05, 0) is 62.2 Å². The number of nitrogens with one attached hydrogen (secondary N) is 1. The third kappa shape index (κ3) is 6.51. The molecule has 0 aliphatic carbocycles. The quantitative estimate of drug-likeness (QED) is 0.487. The van der Waals surface area contributed by atoms with Crippen LogP contribution in [0.15, 0.2) is 18.2 Å². The van der Waals surface area contributed by atoms with E-state index in [9.17, 15) is 4.55 Å². The first-order valence-electron chi connectivity index (χ1n) is 9.00. The fourth-order valence-corrected chi connectivity index (χ4v) is 4.39. The summed E-state index contributed by atoms with van der Waals surface area (Å²) in [4.78, 5) is 0. The zero-order valence-corrected chi connectivity index (χ0v) is 20.0. The molecule has 4 nitrogen and oxygen atoms in total. The Morgan fingerprint density at radius 3 is 2.27 bits per heavy atom. The Labute approximate surface area is 168 Å². The smallest absolute Gasteiger partial charge is 0.192 e. The van der Waals surface area contributed by atoms with Crippen molar-refractivity contribution in [2.45, 2.75) is 77.1 Å². The number of nitrogens with two attached hydrogens (primary N) is 1. The summed E-state index contributed by atoms with van der Waals surface area (Å²) < 4.78 is 22.0. The van der Waals surface area contributed by atoms with E-state index < -0.39 is 19.7 Å². The molecule has 0 fully saturated rings. The first-order valence-corrected chi connectivity index (χ1v) is 13.4. The molecule has 1 aromatic rings. The lowest BCUT2D eigenvalue weighted by atomic mass is 10.0. The summed E-state index contributed by atoms with van der Waals surface area (Å²) in [5.74, 6) is 0. The molecule has 2 unspecified atom stereocenters. The Morgan fingerprint density at radius 2 is 1.81 bits per heavy atom. The van der Waals surface area contributed by atoms with Crippen molar-refractivity contribution in [2.75, 3.05) is 6.54 Å². The van der Waals surface area contributed by atoms with Gasteiger partial charge in [-0.15, -0.1) is 4.72 Å². The third-order valence-corrected chi connectivity index (χ3v) is 11.1. The van der Waals surface area contributed by atoms with Crippen LogP contribution in [0.5, 0.6) is 0 Å². The summed E-state index contributed by atoms with van der Waals surface area (Å²) in [6.45, 7) is 17.8. The lowest BCUT2D eigenvalue weighted by Crippen LogP contribution is -2.46. The molecular formula is C19H35ClN2O2SSi. The fraction of sp³-hybridized carbons (Fsp3) is 0.684. The topological polar surface area (TPSA) is 70.3 Å². The van der Waals surface area contributed by atoms with E-state index in [4.69, 9.17) is 21.8 Å². The van der Waals surface area contributed by atoms with Crippen molar-refractivity contribution in [1.82, 2.24) is 4.72 Å². The molecule has 3 N–H and O–H groups in total. The van der Waals surface area contributed by atoms with Crippen molar-refractivity contribution < 1.29 is 8.98 Å². The van der Waals surface area contributed by atoms with Gasteiger partial charge in [0.05, 0.1) is 12.6 Å². The van der Waals surface area contributed by atoms with Crippen LogP contribution in [0.1, 0.15) is 58.8 Å². The highest BCUT2D eigenvalue weighted by Crippen LogP contribution is 2.40. The predicted molar refractivity (Wildman–Crippen MR) is 116 cm³/mol. The average molecular weight is 419 g/mol. The van der Waals surface area contributed by atoms with E-state index in [1.807, 2.05) is 39.0 Å². The monoisotopic (exact) mass is 418 g/mol. The molecule has 0 aromatic heterocycles. The van der Waals surface area contributed by atoms with Crippen LogP contribution in [0.3, 0.4) is 0 Å². The molecule has 26 heavy (non-hydrogen) atoms. The van der Waals surface area contributed by atoms with Gasteiger partial charge in [-0.2, -0.15) is 0 Å². The number of benzene rings is 1. The molecular weight excluding hydrogens is 384 g/mol. The minimum atomic E-state index is -2.03. The summed E-state index contributed by atoms with van der Waals surface area (Å²) >= 11 is 4.98. The summed E-state index contributed by atoms with van der Waals surface area (Å²) in [5, 5.41) is 0.732. The normalized spacial score (nSPS) is 15.8. The molecule has 0 radical (unpaired) electrons. The molecule has 1 aromatic carbocycles. The molecule has 0 heterocycles. The van der Waals surface area contributed by atoms with Crippen molar-refractivity contribution in [3.63, 3.8) is 0 Å². The van der Waals surface area contributed by atoms with Crippen molar-refractivity contribution in [3.8, 4) is 0 Å². The van der Waals surface area contributed by atoms with Crippen LogP contribution < -0.4 is 10.5 Å². The molecule has 0 saturated carbocycles. The molecule has 0 aliphatic rings. The van der Waals surface area contributed by atoms with Crippen LogP contribution in [-0.4, -0.2) is 24.2 Å². The number of halogens is 1. The van der Waals surface area contributed by atoms with Crippen molar-refractivity contribution in [3.05, 3.63) is 34.3 Å². The maximum Gasteiger partial charge on any atom is 0.192 e. The number of hydrogen-bond acceptors (Lipinski definition) is 4. The molecule has 0 aliphatic heterocycles. The highest BCUT2D eigenvalue weighted by molar-refractivity contribution is 7.90. The lowest BCUT2D eigenvalue weighted by Gasteiger charge is -2.40. The highest BCUT2D eigenvalue weighted by atomic mass is 35.5. The first-order chi connectivity index (χ1) is 11.7. The van der Waals surface area contributed by atoms with E-state index in [2.05, 4.69) is 38.6 Å². The summed E-state index contributed by atoms with van der Waals surface area (Å²) in [7, 11) is -2.03. The standard InChI is InChI=1S/C19H35ClN2O2SSi/c1-18(2,3)25(23)22-13-17(24-26(7,8)19(4,5)6)16-10-9-15(20)11-14(16)12-21/h9-11,17,22H,12-13,21H2,1-8H3. The van der Waals surface area contributed by atoms with Gasteiger partial charge in [0.1, 0.15) is 4.75 Å². The van der Waals surface area contributed by atoms with Gasteiger partial charge in [0, 0.05) is 22.9 Å². The second kappa shape index (κ2) is 8.95. The van der Waals surface area contributed by atoms with Gasteiger partial charge >= 0.3 is 0 Å².